The van der Waals surface area contributed by atoms with Crippen LogP contribution in [0.4, 0.5) is 17.5 Å². The highest BCUT2D eigenvalue weighted by atomic mass is 16.5. The minimum Gasteiger partial charge on any atom is -0.383 e. The molecule has 1 aliphatic heterocycles. The van der Waals surface area contributed by atoms with Crippen LogP contribution in [0.3, 0.4) is 0 Å². The highest BCUT2D eigenvalue weighted by Crippen LogP contribution is 2.29. The number of hydrogen-bond donors (Lipinski definition) is 2. The number of ether oxygens (including phenoxy) is 1. The lowest BCUT2D eigenvalue weighted by Crippen LogP contribution is -2.36. The lowest BCUT2D eigenvalue weighted by atomic mass is 10.1. The maximum atomic E-state index is 6.05. The normalized spacial score (nSPS) is 15.0. The number of pyridine rings is 1. The van der Waals surface area contributed by atoms with Gasteiger partial charge in [0.1, 0.15) is 5.82 Å². The van der Waals surface area contributed by atoms with Gasteiger partial charge in [-0.25, -0.2) is 4.98 Å². The predicted molar refractivity (Wildman–Crippen MR) is 86.5 cm³/mol. The van der Waals surface area contributed by atoms with Gasteiger partial charge in [0.15, 0.2) is 0 Å². The number of morpholine rings is 1. The summed E-state index contributed by atoms with van der Waals surface area (Å²) in [5, 5.41) is 0. The molecule has 1 saturated heterocycles. The SMILES string of the molecule is CCc1nc(N)nc(N)c1-c1cc(N2CCOCC2)ccn1. The fourth-order valence-electron chi connectivity index (χ4n) is 2.66. The van der Waals surface area contributed by atoms with Crippen molar-refractivity contribution in [1.82, 2.24) is 15.0 Å². The second kappa shape index (κ2) is 6.15. The maximum Gasteiger partial charge on any atom is 0.222 e. The molecule has 2 aromatic heterocycles. The highest BCUT2D eigenvalue weighted by Gasteiger charge is 2.16. The lowest BCUT2D eigenvalue weighted by Gasteiger charge is -2.29. The van der Waals surface area contributed by atoms with Crippen LogP contribution in [-0.2, 0) is 11.2 Å². The minimum absolute atomic E-state index is 0.197. The minimum atomic E-state index is 0.197. The number of rotatable bonds is 3. The molecule has 7 nitrogen and oxygen atoms in total. The first-order valence-corrected chi connectivity index (χ1v) is 7.40. The molecule has 22 heavy (non-hydrogen) atoms. The fourth-order valence-corrected chi connectivity index (χ4v) is 2.66. The van der Waals surface area contributed by atoms with Crippen LogP contribution >= 0.6 is 0 Å². The van der Waals surface area contributed by atoms with Crippen LogP contribution in [0.1, 0.15) is 12.6 Å². The molecule has 0 amide bonds. The van der Waals surface area contributed by atoms with Crippen LogP contribution in [0, 0.1) is 0 Å². The number of nitrogens with two attached hydrogens (primary N) is 2. The third-order valence-electron chi connectivity index (χ3n) is 3.74. The van der Waals surface area contributed by atoms with E-state index in [-0.39, 0.29) is 5.95 Å². The van der Waals surface area contributed by atoms with E-state index < -0.39 is 0 Å². The number of nitrogens with zero attached hydrogens (tertiary/aromatic N) is 4. The molecule has 2 aromatic rings. The average molecular weight is 300 g/mol. The van der Waals surface area contributed by atoms with Crippen LogP contribution in [0.15, 0.2) is 18.3 Å². The summed E-state index contributed by atoms with van der Waals surface area (Å²) in [6.07, 6.45) is 2.51. The smallest absolute Gasteiger partial charge is 0.222 e. The quantitative estimate of drug-likeness (QED) is 0.874. The monoisotopic (exact) mass is 300 g/mol. The summed E-state index contributed by atoms with van der Waals surface area (Å²) in [6.45, 7) is 5.24. The Morgan fingerprint density at radius 3 is 2.73 bits per heavy atom. The van der Waals surface area contributed by atoms with Crippen LogP contribution in [0.5, 0.6) is 0 Å². The van der Waals surface area contributed by atoms with E-state index in [1.54, 1.807) is 6.20 Å². The molecule has 1 aliphatic rings. The van der Waals surface area contributed by atoms with Crippen molar-refractivity contribution in [3.05, 3.63) is 24.0 Å². The summed E-state index contributed by atoms with van der Waals surface area (Å²) in [5.41, 5.74) is 15.2. The molecule has 0 aliphatic carbocycles. The van der Waals surface area contributed by atoms with Gasteiger partial charge in [0, 0.05) is 25.0 Å². The first-order chi connectivity index (χ1) is 10.7. The summed E-state index contributed by atoms with van der Waals surface area (Å²) in [4.78, 5) is 15.1. The zero-order valence-electron chi connectivity index (χ0n) is 12.6. The Bertz CT molecular complexity index is 669. The summed E-state index contributed by atoms with van der Waals surface area (Å²) < 4.78 is 5.39. The Hall–Kier alpha value is -2.41. The predicted octanol–water partition coefficient (Wildman–Crippen LogP) is 1.10. The van der Waals surface area contributed by atoms with E-state index in [1.807, 2.05) is 19.1 Å². The second-order valence-corrected chi connectivity index (χ2v) is 5.14. The van der Waals surface area contributed by atoms with Crippen molar-refractivity contribution in [2.24, 2.45) is 0 Å². The van der Waals surface area contributed by atoms with E-state index in [0.717, 1.165) is 55.4 Å². The van der Waals surface area contributed by atoms with Crippen LogP contribution in [0.25, 0.3) is 11.3 Å². The standard InChI is InChI=1S/C15H20N6O/c1-2-11-13(14(16)20-15(17)19-11)12-9-10(3-4-18-12)21-5-7-22-8-6-21/h3-4,9H,2,5-8H2,1H3,(H4,16,17,19,20). The lowest BCUT2D eigenvalue weighted by molar-refractivity contribution is 0.122. The fraction of sp³-hybridized carbons (Fsp3) is 0.400. The molecule has 3 rings (SSSR count). The molecule has 7 heteroatoms. The van der Waals surface area contributed by atoms with Crippen LogP contribution < -0.4 is 16.4 Å². The third kappa shape index (κ3) is 2.80. The van der Waals surface area contributed by atoms with Crippen molar-refractivity contribution in [3.63, 3.8) is 0 Å². The molecule has 0 atom stereocenters. The van der Waals surface area contributed by atoms with Crippen molar-refractivity contribution < 1.29 is 4.74 Å². The van der Waals surface area contributed by atoms with E-state index in [4.69, 9.17) is 16.2 Å². The molecular formula is C15H20N6O. The van der Waals surface area contributed by atoms with Gasteiger partial charge < -0.3 is 21.1 Å². The van der Waals surface area contributed by atoms with Gasteiger partial charge in [-0.1, -0.05) is 6.92 Å². The van der Waals surface area contributed by atoms with Crippen molar-refractivity contribution in [1.29, 1.82) is 0 Å². The molecule has 0 aromatic carbocycles. The van der Waals surface area contributed by atoms with Gasteiger partial charge >= 0.3 is 0 Å². The summed E-state index contributed by atoms with van der Waals surface area (Å²) >= 11 is 0. The van der Waals surface area contributed by atoms with Crippen molar-refractivity contribution >= 4 is 17.5 Å². The van der Waals surface area contributed by atoms with Crippen molar-refractivity contribution in [2.45, 2.75) is 13.3 Å². The van der Waals surface area contributed by atoms with E-state index >= 15 is 0 Å². The summed E-state index contributed by atoms with van der Waals surface area (Å²) in [6, 6.07) is 4.02. The highest BCUT2D eigenvalue weighted by molar-refractivity contribution is 5.76. The zero-order valence-corrected chi connectivity index (χ0v) is 12.6. The van der Waals surface area contributed by atoms with Gasteiger partial charge in [0.25, 0.3) is 0 Å². The molecule has 1 fully saturated rings. The van der Waals surface area contributed by atoms with Gasteiger partial charge in [-0.3, -0.25) is 4.98 Å². The number of nitrogen functional groups attached to an aromatic ring is 2. The first-order valence-electron chi connectivity index (χ1n) is 7.40. The molecule has 3 heterocycles. The number of aryl methyl sites for hydroxylation is 1. The van der Waals surface area contributed by atoms with Gasteiger partial charge in [-0.05, 0) is 18.6 Å². The third-order valence-corrected chi connectivity index (χ3v) is 3.74. The molecule has 0 bridgehead atoms. The Kier molecular flexibility index (Phi) is 4.06. The first kappa shape index (κ1) is 14.5. The topological polar surface area (TPSA) is 103 Å². The van der Waals surface area contributed by atoms with Crippen molar-refractivity contribution in [3.8, 4) is 11.3 Å². The van der Waals surface area contributed by atoms with Crippen molar-refractivity contribution in [2.75, 3.05) is 42.7 Å². The Labute approximate surface area is 129 Å². The molecule has 116 valence electrons. The zero-order chi connectivity index (χ0) is 15.5. The van der Waals surface area contributed by atoms with Gasteiger partial charge in [-0.15, -0.1) is 0 Å². The van der Waals surface area contributed by atoms with Crippen LogP contribution in [0.2, 0.25) is 0 Å². The largest absolute Gasteiger partial charge is 0.383 e. The van der Waals surface area contributed by atoms with E-state index in [0.29, 0.717) is 5.82 Å². The Balaban J connectivity index is 2.02. The molecule has 0 radical (unpaired) electrons. The second-order valence-electron chi connectivity index (χ2n) is 5.14. The maximum absolute atomic E-state index is 6.05. The van der Waals surface area contributed by atoms with E-state index in [1.165, 1.54) is 0 Å². The summed E-state index contributed by atoms with van der Waals surface area (Å²) in [7, 11) is 0. The number of aromatic nitrogens is 3. The van der Waals surface area contributed by atoms with Gasteiger partial charge in [0.2, 0.25) is 5.95 Å². The summed E-state index contributed by atoms with van der Waals surface area (Å²) in [5.74, 6) is 0.568. The van der Waals surface area contributed by atoms with E-state index in [2.05, 4.69) is 19.9 Å². The molecular weight excluding hydrogens is 280 g/mol. The molecule has 0 spiro atoms. The van der Waals surface area contributed by atoms with Gasteiger partial charge in [0.05, 0.1) is 30.2 Å². The Morgan fingerprint density at radius 1 is 1.23 bits per heavy atom. The molecule has 4 N–H and O–H groups in total. The number of anilines is 3. The average Bonchev–Trinajstić information content (AvgIpc) is 2.55. The number of hydrogen-bond acceptors (Lipinski definition) is 7. The molecule has 0 saturated carbocycles. The van der Waals surface area contributed by atoms with Gasteiger partial charge in [-0.2, -0.15) is 4.98 Å². The Morgan fingerprint density at radius 2 is 2.00 bits per heavy atom. The molecule has 0 unspecified atom stereocenters. The van der Waals surface area contributed by atoms with E-state index in [9.17, 15) is 0 Å². The van der Waals surface area contributed by atoms with Crippen LogP contribution in [-0.4, -0.2) is 41.3 Å².